The average Bonchev–Trinajstić information content (AvgIpc) is 2.71. The first-order chi connectivity index (χ1) is 8.59. The third-order valence-corrected chi connectivity index (χ3v) is 4.36. The molecule has 0 aromatic heterocycles. The predicted octanol–water partition coefficient (Wildman–Crippen LogP) is 0.113. The van der Waals surface area contributed by atoms with E-state index < -0.39 is 0 Å². The Morgan fingerprint density at radius 2 is 2.39 bits per heavy atom. The third kappa shape index (κ3) is 2.36. The molecule has 0 aliphatic carbocycles. The van der Waals surface area contributed by atoms with Crippen molar-refractivity contribution in [2.75, 3.05) is 26.7 Å². The van der Waals surface area contributed by atoms with Crippen LogP contribution in [0.3, 0.4) is 0 Å². The van der Waals surface area contributed by atoms with Gasteiger partial charge in [0.1, 0.15) is 6.04 Å². The lowest BCUT2D eigenvalue weighted by Crippen LogP contribution is -2.53. The zero-order valence-electron chi connectivity index (χ0n) is 11.3. The summed E-state index contributed by atoms with van der Waals surface area (Å²) >= 11 is 0. The van der Waals surface area contributed by atoms with Crippen LogP contribution < -0.4 is 10.6 Å². The van der Waals surface area contributed by atoms with Crippen molar-refractivity contribution in [3.63, 3.8) is 0 Å². The van der Waals surface area contributed by atoms with Gasteiger partial charge in [0.2, 0.25) is 11.8 Å². The fraction of sp³-hybridized carbons (Fsp3) is 0.846. The van der Waals surface area contributed by atoms with Crippen LogP contribution in [0.1, 0.15) is 32.6 Å². The zero-order chi connectivity index (χ0) is 13.2. The van der Waals surface area contributed by atoms with Gasteiger partial charge in [0.25, 0.3) is 0 Å². The lowest BCUT2D eigenvalue weighted by atomic mass is 9.77. The van der Waals surface area contributed by atoms with Gasteiger partial charge in [0.05, 0.1) is 5.41 Å². The molecular weight excluding hydrogens is 230 g/mol. The van der Waals surface area contributed by atoms with Crippen molar-refractivity contribution in [1.29, 1.82) is 0 Å². The Kier molecular flexibility index (Phi) is 3.90. The lowest BCUT2D eigenvalue weighted by Gasteiger charge is -2.36. The second kappa shape index (κ2) is 5.26. The quantitative estimate of drug-likeness (QED) is 0.750. The summed E-state index contributed by atoms with van der Waals surface area (Å²) in [7, 11) is 1.78. The van der Waals surface area contributed by atoms with Gasteiger partial charge in [-0.2, -0.15) is 0 Å². The minimum absolute atomic E-state index is 0.0402. The van der Waals surface area contributed by atoms with Crippen molar-refractivity contribution in [3.05, 3.63) is 0 Å². The number of rotatable bonds is 3. The van der Waals surface area contributed by atoms with Gasteiger partial charge >= 0.3 is 0 Å². The van der Waals surface area contributed by atoms with Crippen molar-refractivity contribution in [1.82, 2.24) is 15.5 Å². The molecule has 2 fully saturated rings. The van der Waals surface area contributed by atoms with E-state index in [1.54, 1.807) is 11.9 Å². The molecule has 18 heavy (non-hydrogen) atoms. The number of nitrogens with zero attached hydrogens (tertiary/aromatic N) is 1. The Hall–Kier alpha value is -1.10. The highest BCUT2D eigenvalue weighted by Crippen LogP contribution is 2.30. The molecule has 2 amide bonds. The zero-order valence-corrected chi connectivity index (χ0v) is 11.3. The number of amides is 2. The summed E-state index contributed by atoms with van der Waals surface area (Å²) in [6, 6.07) is -0.312. The third-order valence-electron chi connectivity index (χ3n) is 4.36. The maximum Gasteiger partial charge on any atom is 0.244 e. The maximum absolute atomic E-state index is 12.4. The van der Waals surface area contributed by atoms with E-state index in [2.05, 4.69) is 17.6 Å². The Bertz CT molecular complexity index is 337. The molecule has 2 aliphatic rings. The first-order valence-corrected chi connectivity index (χ1v) is 6.86. The molecule has 2 saturated heterocycles. The standard InChI is InChI=1S/C13H23N3O2/c1-3-13(6-4-7-14-9-13)12(18)15-10-5-8-16(2)11(10)17/h10,14H,3-9H2,1-2H3,(H,15,18). The second-order valence-corrected chi connectivity index (χ2v) is 5.49. The summed E-state index contributed by atoms with van der Waals surface area (Å²) in [4.78, 5) is 25.9. The predicted molar refractivity (Wildman–Crippen MR) is 69.0 cm³/mol. The molecule has 102 valence electrons. The second-order valence-electron chi connectivity index (χ2n) is 5.49. The number of likely N-dealkylation sites (N-methyl/N-ethyl adjacent to an activating group) is 1. The fourth-order valence-electron chi connectivity index (χ4n) is 2.89. The molecule has 5 nitrogen and oxygen atoms in total. The van der Waals surface area contributed by atoms with Crippen LogP contribution in [-0.4, -0.2) is 49.4 Å². The van der Waals surface area contributed by atoms with Crippen LogP contribution >= 0.6 is 0 Å². The number of nitrogens with one attached hydrogen (secondary N) is 2. The van der Waals surface area contributed by atoms with Gasteiger partial charge in [-0.1, -0.05) is 6.92 Å². The number of likely N-dealkylation sites (tertiary alicyclic amines) is 1. The Balaban J connectivity index is 2.00. The number of hydrogen-bond donors (Lipinski definition) is 2. The smallest absolute Gasteiger partial charge is 0.244 e. The molecule has 2 unspecified atom stereocenters. The summed E-state index contributed by atoms with van der Waals surface area (Å²) in [5.74, 6) is 0.0872. The van der Waals surface area contributed by atoms with E-state index in [-0.39, 0.29) is 23.3 Å². The number of carbonyl (C=O) groups excluding carboxylic acids is 2. The van der Waals surface area contributed by atoms with E-state index in [0.29, 0.717) is 0 Å². The molecule has 2 atom stereocenters. The minimum atomic E-state index is -0.320. The Morgan fingerprint density at radius 1 is 1.61 bits per heavy atom. The molecule has 0 aromatic carbocycles. The van der Waals surface area contributed by atoms with Crippen molar-refractivity contribution in [3.8, 4) is 0 Å². The topological polar surface area (TPSA) is 61.4 Å². The van der Waals surface area contributed by atoms with Crippen LogP contribution in [0.4, 0.5) is 0 Å². The normalized spacial score (nSPS) is 32.7. The molecule has 0 radical (unpaired) electrons. The molecule has 5 heteroatoms. The highest BCUT2D eigenvalue weighted by atomic mass is 16.2. The van der Waals surface area contributed by atoms with Crippen LogP contribution in [0, 0.1) is 5.41 Å². The van der Waals surface area contributed by atoms with Gasteiger partial charge in [-0.3, -0.25) is 9.59 Å². The monoisotopic (exact) mass is 253 g/mol. The van der Waals surface area contributed by atoms with Crippen LogP contribution in [0.15, 0.2) is 0 Å². The fourth-order valence-corrected chi connectivity index (χ4v) is 2.89. The largest absolute Gasteiger partial charge is 0.344 e. The summed E-state index contributed by atoms with van der Waals surface area (Å²) in [6.45, 7) is 4.50. The molecule has 2 N–H and O–H groups in total. The lowest BCUT2D eigenvalue weighted by molar-refractivity contribution is -0.137. The van der Waals surface area contributed by atoms with Gasteiger partial charge in [-0.15, -0.1) is 0 Å². The first-order valence-electron chi connectivity index (χ1n) is 6.86. The van der Waals surface area contributed by atoms with E-state index in [9.17, 15) is 9.59 Å². The maximum atomic E-state index is 12.4. The summed E-state index contributed by atoms with van der Waals surface area (Å²) < 4.78 is 0. The van der Waals surface area contributed by atoms with E-state index in [0.717, 1.165) is 45.3 Å². The van der Waals surface area contributed by atoms with E-state index in [1.807, 2.05) is 0 Å². The highest BCUT2D eigenvalue weighted by molar-refractivity contribution is 5.91. The molecular formula is C13H23N3O2. The summed E-state index contributed by atoms with van der Waals surface area (Å²) in [6.07, 6.45) is 3.50. The molecule has 2 aliphatic heterocycles. The van der Waals surface area contributed by atoms with Gasteiger partial charge in [-0.05, 0) is 32.2 Å². The van der Waals surface area contributed by atoms with Crippen LogP contribution in [0.5, 0.6) is 0 Å². The molecule has 0 spiro atoms. The number of carbonyl (C=O) groups is 2. The van der Waals surface area contributed by atoms with Crippen molar-refractivity contribution in [2.24, 2.45) is 5.41 Å². The molecule has 0 saturated carbocycles. The molecule has 2 heterocycles. The van der Waals surface area contributed by atoms with E-state index >= 15 is 0 Å². The summed E-state index contributed by atoms with van der Waals surface area (Å²) in [5.41, 5.74) is -0.320. The van der Waals surface area contributed by atoms with Crippen molar-refractivity contribution in [2.45, 2.75) is 38.6 Å². The van der Waals surface area contributed by atoms with Crippen molar-refractivity contribution >= 4 is 11.8 Å². The molecule has 0 bridgehead atoms. The van der Waals surface area contributed by atoms with Gasteiger partial charge in [0, 0.05) is 20.1 Å². The van der Waals surface area contributed by atoms with Gasteiger partial charge in [0.15, 0.2) is 0 Å². The van der Waals surface area contributed by atoms with Crippen LogP contribution in [0.25, 0.3) is 0 Å². The number of piperidine rings is 1. The van der Waals surface area contributed by atoms with Crippen LogP contribution in [0.2, 0.25) is 0 Å². The average molecular weight is 253 g/mol. The minimum Gasteiger partial charge on any atom is -0.344 e. The summed E-state index contributed by atoms with van der Waals surface area (Å²) in [5, 5.41) is 6.25. The Morgan fingerprint density at radius 3 is 2.89 bits per heavy atom. The molecule has 0 aromatic rings. The Labute approximate surface area is 108 Å². The highest BCUT2D eigenvalue weighted by Gasteiger charge is 2.40. The van der Waals surface area contributed by atoms with Crippen LogP contribution in [-0.2, 0) is 9.59 Å². The molecule has 2 rings (SSSR count). The van der Waals surface area contributed by atoms with E-state index in [4.69, 9.17) is 0 Å². The van der Waals surface area contributed by atoms with Gasteiger partial charge in [-0.25, -0.2) is 0 Å². The number of hydrogen-bond acceptors (Lipinski definition) is 3. The van der Waals surface area contributed by atoms with Gasteiger partial charge < -0.3 is 15.5 Å². The SMILES string of the molecule is CCC1(C(=O)NC2CCN(C)C2=O)CCCNC1. The first kappa shape index (κ1) is 13.3. The van der Waals surface area contributed by atoms with Crippen molar-refractivity contribution < 1.29 is 9.59 Å². The van der Waals surface area contributed by atoms with E-state index in [1.165, 1.54) is 0 Å².